The zero-order valence-corrected chi connectivity index (χ0v) is 21.2. The van der Waals surface area contributed by atoms with Gasteiger partial charge in [0, 0.05) is 55.5 Å². The highest BCUT2D eigenvalue weighted by Crippen LogP contribution is 2.37. The molecule has 6 rings (SSSR count). The molecule has 8 nitrogen and oxygen atoms in total. The van der Waals surface area contributed by atoms with E-state index >= 15 is 0 Å². The molecule has 206 valence electrons. The molecule has 11 heteroatoms. The summed E-state index contributed by atoms with van der Waals surface area (Å²) in [4.78, 5) is 44.7. The van der Waals surface area contributed by atoms with Crippen molar-refractivity contribution in [2.75, 3.05) is 13.1 Å². The number of alkyl halides is 3. The number of amides is 3. The first-order chi connectivity index (χ1) is 18.7. The van der Waals surface area contributed by atoms with Crippen LogP contribution in [0.1, 0.15) is 71.6 Å². The zero-order valence-electron chi connectivity index (χ0n) is 21.2. The molecule has 0 bridgehead atoms. The molecular weight excluding hydrogens is 513 g/mol. The van der Waals surface area contributed by atoms with E-state index in [-0.39, 0.29) is 36.3 Å². The van der Waals surface area contributed by atoms with E-state index in [1.165, 1.54) is 11.0 Å². The molecule has 0 radical (unpaired) electrons. The minimum absolute atomic E-state index is 0.0401. The lowest BCUT2D eigenvalue weighted by atomic mass is 9.85. The van der Waals surface area contributed by atoms with E-state index in [2.05, 4.69) is 15.2 Å². The molecule has 4 heterocycles. The van der Waals surface area contributed by atoms with Crippen LogP contribution in [0.15, 0.2) is 36.5 Å². The maximum Gasteiger partial charge on any atom is 0.417 e. The van der Waals surface area contributed by atoms with Crippen LogP contribution < -0.4 is 10.1 Å². The van der Waals surface area contributed by atoms with E-state index in [0.717, 1.165) is 56.6 Å². The molecule has 1 aliphatic carbocycles. The fourth-order valence-corrected chi connectivity index (χ4v) is 6.22. The summed E-state index contributed by atoms with van der Waals surface area (Å²) in [5, 5.41) is 2.32. The van der Waals surface area contributed by atoms with Crippen molar-refractivity contribution in [1.29, 1.82) is 0 Å². The van der Waals surface area contributed by atoms with Crippen LogP contribution in [0.5, 0.6) is 5.75 Å². The number of likely N-dealkylation sites (tertiary alicyclic amines) is 1. The molecular formula is C28H29F3N4O4. The molecule has 2 aromatic rings. The largest absolute Gasteiger partial charge is 0.489 e. The number of hydrogen-bond donors (Lipinski definition) is 1. The Labute approximate surface area is 223 Å². The highest BCUT2D eigenvalue weighted by molar-refractivity contribution is 6.05. The Kier molecular flexibility index (Phi) is 6.57. The summed E-state index contributed by atoms with van der Waals surface area (Å²) in [5.74, 6) is -0.204. The third kappa shape index (κ3) is 4.99. The molecule has 1 aromatic carbocycles. The summed E-state index contributed by atoms with van der Waals surface area (Å²) in [5.41, 5.74) is 1.28. The normalized spacial score (nSPS) is 26.3. The van der Waals surface area contributed by atoms with Crippen molar-refractivity contribution < 1.29 is 32.3 Å². The molecule has 3 aliphatic heterocycles. The van der Waals surface area contributed by atoms with Gasteiger partial charge in [-0.2, -0.15) is 13.2 Å². The van der Waals surface area contributed by atoms with Crippen molar-refractivity contribution in [2.24, 2.45) is 0 Å². The molecule has 3 atom stereocenters. The lowest BCUT2D eigenvalue weighted by molar-refractivity contribution is -0.138. The van der Waals surface area contributed by atoms with Gasteiger partial charge in [0.05, 0.1) is 5.56 Å². The standard InChI is InChI=1S/C28H29F3N4O4/c29-28(30,31)18-5-8-21(32-12-18)17-13-34(14-17)22-3-1-2-4-24(22)39-19-6-7-20-16(11-19)15-35(27(20)38)23-9-10-25(36)33-26(23)37/h5-8,11-12,17,22-24H,1-4,9-10,13-15H2,(H,33,36,37)/t22-,23+,24+/m1/s1. The Morgan fingerprint density at radius 3 is 2.51 bits per heavy atom. The maximum absolute atomic E-state index is 13.0. The number of pyridine rings is 1. The lowest BCUT2D eigenvalue weighted by Gasteiger charge is -2.48. The van der Waals surface area contributed by atoms with E-state index in [1.54, 1.807) is 12.1 Å². The number of hydrogen-bond acceptors (Lipinski definition) is 6. The fourth-order valence-electron chi connectivity index (χ4n) is 6.22. The van der Waals surface area contributed by atoms with Gasteiger partial charge in [-0.3, -0.25) is 29.6 Å². The monoisotopic (exact) mass is 542 g/mol. The van der Waals surface area contributed by atoms with Gasteiger partial charge in [0.25, 0.3) is 5.91 Å². The smallest absolute Gasteiger partial charge is 0.417 e. The predicted molar refractivity (Wildman–Crippen MR) is 133 cm³/mol. The van der Waals surface area contributed by atoms with Crippen molar-refractivity contribution in [1.82, 2.24) is 20.1 Å². The quantitative estimate of drug-likeness (QED) is 0.580. The average molecular weight is 543 g/mol. The van der Waals surface area contributed by atoms with E-state index < -0.39 is 23.7 Å². The number of fused-ring (bicyclic) bond motifs is 1. The number of aromatic nitrogens is 1. The number of nitrogens with one attached hydrogen (secondary N) is 1. The highest BCUT2D eigenvalue weighted by Gasteiger charge is 2.41. The van der Waals surface area contributed by atoms with Crippen molar-refractivity contribution in [2.45, 2.75) is 75.4 Å². The number of piperidine rings is 1. The number of benzene rings is 1. The molecule has 0 spiro atoms. The minimum Gasteiger partial charge on any atom is -0.489 e. The van der Waals surface area contributed by atoms with Gasteiger partial charge in [0.1, 0.15) is 17.9 Å². The van der Waals surface area contributed by atoms with Crippen molar-refractivity contribution in [3.63, 3.8) is 0 Å². The van der Waals surface area contributed by atoms with Crippen LogP contribution in [0.2, 0.25) is 0 Å². The highest BCUT2D eigenvalue weighted by atomic mass is 19.4. The van der Waals surface area contributed by atoms with Crippen LogP contribution >= 0.6 is 0 Å². The Morgan fingerprint density at radius 1 is 1.00 bits per heavy atom. The second-order valence-corrected chi connectivity index (χ2v) is 10.8. The third-order valence-corrected chi connectivity index (χ3v) is 8.36. The number of carbonyl (C=O) groups excluding carboxylic acids is 3. The second-order valence-electron chi connectivity index (χ2n) is 10.8. The van der Waals surface area contributed by atoms with Gasteiger partial charge in [-0.1, -0.05) is 6.42 Å². The van der Waals surface area contributed by atoms with Gasteiger partial charge in [-0.15, -0.1) is 0 Å². The van der Waals surface area contributed by atoms with Crippen LogP contribution in [-0.4, -0.2) is 63.8 Å². The molecule has 3 amide bonds. The van der Waals surface area contributed by atoms with Crippen molar-refractivity contribution in [3.05, 3.63) is 58.9 Å². The Morgan fingerprint density at radius 2 is 1.79 bits per heavy atom. The van der Waals surface area contributed by atoms with E-state index in [0.29, 0.717) is 30.0 Å². The number of imide groups is 1. The number of ether oxygens (including phenoxy) is 1. The van der Waals surface area contributed by atoms with Crippen LogP contribution in [0.25, 0.3) is 0 Å². The molecule has 2 saturated heterocycles. The van der Waals surface area contributed by atoms with Gasteiger partial charge in [0.2, 0.25) is 11.8 Å². The van der Waals surface area contributed by atoms with Gasteiger partial charge >= 0.3 is 6.18 Å². The van der Waals surface area contributed by atoms with Crippen LogP contribution in [-0.2, 0) is 22.3 Å². The van der Waals surface area contributed by atoms with E-state index in [9.17, 15) is 27.6 Å². The first-order valence-electron chi connectivity index (χ1n) is 13.4. The molecule has 1 saturated carbocycles. The van der Waals surface area contributed by atoms with Crippen LogP contribution in [0.4, 0.5) is 13.2 Å². The topological polar surface area (TPSA) is 91.8 Å². The minimum atomic E-state index is -4.39. The molecule has 3 fully saturated rings. The Hall–Kier alpha value is -3.47. The number of nitrogens with zero attached hydrogens (tertiary/aromatic N) is 3. The molecule has 39 heavy (non-hydrogen) atoms. The van der Waals surface area contributed by atoms with Crippen LogP contribution in [0, 0.1) is 0 Å². The summed E-state index contributed by atoms with van der Waals surface area (Å²) in [6, 6.07) is 7.51. The number of rotatable bonds is 5. The summed E-state index contributed by atoms with van der Waals surface area (Å²) in [6.07, 6.45) is 1.00. The van der Waals surface area contributed by atoms with Gasteiger partial charge < -0.3 is 9.64 Å². The van der Waals surface area contributed by atoms with E-state index in [1.807, 2.05) is 6.07 Å². The SMILES string of the molecule is O=C1CC[C@H](N2Cc3cc(O[C@H]4CCCC[C@H]4N4CC(c5ccc(C(F)(F)F)cn5)C4)ccc3C2=O)C(=O)N1. The van der Waals surface area contributed by atoms with Gasteiger partial charge in [0.15, 0.2) is 0 Å². The predicted octanol–water partition coefficient (Wildman–Crippen LogP) is 3.65. The van der Waals surface area contributed by atoms with Crippen LogP contribution in [0.3, 0.4) is 0 Å². The third-order valence-electron chi connectivity index (χ3n) is 8.36. The molecule has 4 aliphatic rings. The fraction of sp³-hybridized carbons (Fsp3) is 0.500. The molecule has 1 aromatic heterocycles. The number of halogens is 3. The number of carbonyl (C=O) groups is 3. The lowest BCUT2D eigenvalue weighted by Crippen LogP contribution is -2.57. The molecule has 1 N–H and O–H groups in total. The molecule has 0 unspecified atom stereocenters. The Bertz CT molecular complexity index is 1290. The van der Waals surface area contributed by atoms with Gasteiger partial charge in [-0.05, 0) is 61.6 Å². The maximum atomic E-state index is 13.0. The summed E-state index contributed by atoms with van der Waals surface area (Å²) >= 11 is 0. The second kappa shape index (κ2) is 9.93. The Balaban J connectivity index is 1.09. The average Bonchev–Trinajstić information content (AvgIpc) is 3.19. The first-order valence-corrected chi connectivity index (χ1v) is 13.4. The van der Waals surface area contributed by atoms with Crippen molar-refractivity contribution >= 4 is 17.7 Å². The summed E-state index contributed by atoms with van der Waals surface area (Å²) in [6.45, 7) is 1.74. The van der Waals surface area contributed by atoms with Crippen molar-refractivity contribution in [3.8, 4) is 5.75 Å². The summed E-state index contributed by atoms with van der Waals surface area (Å²) in [7, 11) is 0. The van der Waals surface area contributed by atoms with E-state index in [4.69, 9.17) is 4.74 Å². The first kappa shape index (κ1) is 25.8. The van der Waals surface area contributed by atoms with Gasteiger partial charge in [-0.25, -0.2) is 0 Å². The summed E-state index contributed by atoms with van der Waals surface area (Å²) < 4.78 is 45.0. The zero-order chi connectivity index (χ0) is 27.3.